The first-order chi connectivity index (χ1) is 11.8. The van der Waals surface area contributed by atoms with Gasteiger partial charge in [-0.15, -0.1) is 0 Å². The SMILES string of the molecule is CC(Nc1ccnc(C2CC2)n1)c1cnn(Cc2ccccc2)c1. The summed E-state index contributed by atoms with van der Waals surface area (Å²) in [5.41, 5.74) is 2.40. The van der Waals surface area contributed by atoms with Crippen molar-refractivity contribution in [3.05, 3.63) is 71.9 Å². The van der Waals surface area contributed by atoms with E-state index in [9.17, 15) is 0 Å². The van der Waals surface area contributed by atoms with E-state index in [0.717, 1.165) is 23.8 Å². The summed E-state index contributed by atoms with van der Waals surface area (Å²) >= 11 is 0. The highest BCUT2D eigenvalue weighted by Gasteiger charge is 2.26. The molecular formula is C19H21N5. The molecule has 0 radical (unpaired) electrons. The van der Waals surface area contributed by atoms with Gasteiger partial charge in [0, 0.05) is 23.9 Å². The van der Waals surface area contributed by atoms with Crippen LogP contribution in [0.1, 0.15) is 48.7 Å². The van der Waals surface area contributed by atoms with Crippen molar-refractivity contribution >= 4 is 5.82 Å². The van der Waals surface area contributed by atoms with E-state index >= 15 is 0 Å². The molecule has 122 valence electrons. The molecule has 0 aliphatic heterocycles. The van der Waals surface area contributed by atoms with Crippen LogP contribution in [0.2, 0.25) is 0 Å². The summed E-state index contributed by atoms with van der Waals surface area (Å²) in [5.74, 6) is 2.41. The molecule has 24 heavy (non-hydrogen) atoms. The van der Waals surface area contributed by atoms with Gasteiger partial charge in [0.25, 0.3) is 0 Å². The van der Waals surface area contributed by atoms with Gasteiger partial charge in [0.1, 0.15) is 11.6 Å². The van der Waals surface area contributed by atoms with Gasteiger partial charge in [-0.2, -0.15) is 5.10 Å². The van der Waals surface area contributed by atoms with Crippen LogP contribution in [-0.2, 0) is 6.54 Å². The maximum Gasteiger partial charge on any atom is 0.133 e. The molecule has 3 aromatic rings. The van der Waals surface area contributed by atoms with Crippen molar-refractivity contribution in [1.29, 1.82) is 0 Å². The first-order valence-corrected chi connectivity index (χ1v) is 8.44. The maximum atomic E-state index is 4.63. The van der Waals surface area contributed by atoms with Crippen molar-refractivity contribution in [2.75, 3.05) is 5.32 Å². The molecule has 1 aliphatic carbocycles. The smallest absolute Gasteiger partial charge is 0.133 e. The lowest BCUT2D eigenvalue weighted by Crippen LogP contribution is -2.08. The van der Waals surface area contributed by atoms with E-state index in [1.165, 1.54) is 18.4 Å². The molecule has 1 saturated carbocycles. The highest BCUT2D eigenvalue weighted by atomic mass is 15.3. The number of hydrogen-bond donors (Lipinski definition) is 1. The van der Waals surface area contributed by atoms with Gasteiger partial charge in [-0.05, 0) is 31.4 Å². The van der Waals surface area contributed by atoms with Crippen LogP contribution >= 0.6 is 0 Å². The number of aromatic nitrogens is 4. The molecule has 2 aromatic heterocycles. The van der Waals surface area contributed by atoms with Crippen molar-refractivity contribution < 1.29 is 0 Å². The summed E-state index contributed by atoms with van der Waals surface area (Å²) in [6.45, 7) is 2.91. The van der Waals surface area contributed by atoms with Crippen LogP contribution in [0, 0.1) is 0 Å². The maximum absolute atomic E-state index is 4.63. The molecule has 2 heterocycles. The number of nitrogens with one attached hydrogen (secondary N) is 1. The van der Waals surface area contributed by atoms with Crippen molar-refractivity contribution in [2.45, 2.75) is 38.3 Å². The summed E-state index contributed by atoms with van der Waals surface area (Å²) < 4.78 is 1.97. The second-order valence-corrected chi connectivity index (χ2v) is 6.40. The van der Waals surface area contributed by atoms with Crippen LogP contribution in [-0.4, -0.2) is 19.7 Å². The predicted octanol–water partition coefficient (Wildman–Crippen LogP) is 3.77. The number of rotatable bonds is 6. The third-order valence-corrected chi connectivity index (χ3v) is 4.32. The van der Waals surface area contributed by atoms with E-state index in [4.69, 9.17) is 0 Å². The summed E-state index contributed by atoms with van der Waals surface area (Å²) in [7, 11) is 0. The first kappa shape index (κ1) is 14.9. The van der Waals surface area contributed by atoms with E-state index in [0.29, 0.717) is 5.92 Å². The molecule has 4 rings (SSSR count). The third kappa shape index (κ3) is 3.45. The molecule has 5 heteroatoms. The van der Waals surface area contributed by atoms with Gasteiger partial charge in [-0.1, -0.05) is 30.3 Å². The van der Waals surface area contributed by atoms with Gasteiger partial charge in [-0.3, -0.25) is 4.68 Å². The number of nitrogens with zero attached hydrogens (tertiary/aromatic N) is 4. The Balaban J connectivity index is 1.43. The van der Waals surface area contributed by atoms with Crippen LogP contribution in [0.4, 0.5) is 5.82 Å². The average Bonchev–Trinajstić information content (AvgIpc) is 3.36. The van der Waals surface area contributed by atoms with Gasteiger partial charge in [0.05, 0.1) is 18.8 Å². The van der Waals surface area contributed by atoms with E-state index < -0.39 is 0 Å². The molecular weight excluding hydrogens is 298 g/mol. The van der Waals surface area contributed by atoms with Gasteiger partial charge < -0.3 is 5.32 Å². The normalized spacial score (nSPS) is 15.2. The zero-order valence-electron chi connectivity index (χ0n) is 13.8. The summed E-state index contributed by atoms with van der Waals surface area (Å²) in [6.07, 6.45) is 8.28. The van der Waals surface area contributed by atoms with E-state index in [-0.39, 0.29) is 6.04 Å². The van der Waals surface area contributed by atoms with Gasteiger partial charge >= 0.3 is 0 Å². The molecule has 0 spiro atoms. The fraction of sp³-hybridized carbons (Fsp3) is 0.316. The van der Waals surface area contributed by atoms with Crippen molar-refractivity contribution in [1.82, 2.24) is 19.7 Å². The van der Waals surface area contributed by atoms with Crippen LogP contribution in [0.15, 0.2) is 55.0 Å². The minimum atomic E-state index is 0.150. The molecule has 1 fully saturated rings. The van der Waals surface area contributed by atoms with E-state index in [2.05, 4.69) is 57.8 Å². The Morgan fingerprint density at radius 2 is 2.04 bits per heavy atom. The Morgan fingerprint density at radius 3 is 2.83 bits per heavy atom. The second kappa shape index (κ2) is 6.43. The van der Waals surface area contributed by atoms with Crippen LogP contribution in [0.5, 0.6) is 0 Å². The fourth-order valence-electron chi connectivity index (χ4n) is 2.76. The van der Waals surface area contributed by atoms with Gasteiger partial charge in [-0.25, -0.2) is 9.97 Å². The lowest BCUT2D eigenvalue weighted by Gasteiger charge is -2.13. The van der Waals surface area contributed by atoms with Crippen molar-refractivity contribution in [2.24, 2.45) is 0 Å². The summed E-state index contributed by atoms with van der Waals surface area (Å²) in [6, 6.07) is 12.4. The standard InChI is InChI=1S/C19H21N5/c1-14(22-18-9-10-20-19(23-18)16-7-8-16)17-11-21-24(13-17)12-15-5-3-2-4-6-15/h2-6,9-11,13-14,16H,7-8,12H2,1H3,(H,20,22,23). The molecule has 1 aromatic carbocycles. The largest absolute Gasteiger partial charge is 0.363 e. The van der Waals surface area contributed by atoms with Crippen LogP contribution in [0.3, 0.4) is 0 Å². The Kier molecular flexibility index (Phi) is 3.99. The zero-order valence-corrected chi connectivity index (χ0v) is 13.8. The topological polar surface area (TPSA) is 55.6 Å². The van der Waals surface area contributed by atoms with Gasteiger partial charge in [0.15, 0.2) is 0 Å². The van der Waals surface area contributed by atoms with Gasteiger partial charge in [0.2, 0.25) is 0 Å². The second-order valence-electron chi connectivity index (χ2n) is 6.40. The molecule has 0 bridgehead atoms. The van der Waals surface area contributed by atoms with E-state index in [1.807, 2.05) is 29.2 Å². The number of anilines is 1. The molecule has 0 amide bonds. The minimum absolute atomic E-state index is 0.150. The molecule has 0 saturated heterocycles. The molecule has 1 atom stereocenters. The first-order valence-electron chi connectivity index (χ1n) is 8.44. The Labute approximate surface area is 141 Å². The summed E-state index contributed by atoms with van der Waals surface area (Å²) in [5, 5.41) is 7.93. The average molecular weight is 319 g/mol. The molecule has 1 N–H and O–H groups in total. The Hall–Kier alpha value is -2.69. The molecule has 1 unspecified atom stereocenters. The van der Waals surface area contributed by atoms with Crippen molar-refractivity contribution in [3.63, 3.8) is 0 Å². The highest BCUT2D eigenvalue weighted by Crippen LogP contribution is 2.38. The van der Waals surface area contributed by atoms with Crippen LogP contribution < -0.4 is 5.32 Å². The summed E-state index contributed by atoms with van der Waals surface area (Å²) in [4.78, 5) is 8.99. The Bertz CT molecular complexity index is 807. The van der Waals surface area contributed by atoms with E-state index in [1.54, 1.807) is 0 Å². The van der Waals surface area contributed by atoms with Crippen molar-refractivity contribution in [3.8, 4) is 0 Å². The minimum Gasteiger partial charge on any atom is -0.363 e. The fourth-order valence-corrected chi connectivity index (χ4v) is 2.76. The quantitative estimate of drug-likeness (QED) is 0.751. The predicted molar refractivity (Wildman–Crippen MR) is 93.8 cm³/mol. The number of hydrogen-bond acceptors (Lipinski definition) is 4. The monoisotopic (exact) mass is 319 g/mol. The highest BCUT2D eigenvalue weighted by molar-refractivity contribution is 5.37. The third-order valence-electron chi connectivity index (χ3n) is 4.32. The number of benzene rings is 1. The molecule has 1 aliphatic rings. The lowest BCUT2D eigenvalue weighted by molar-refractivity contribution is 0.685. The molecule has 5 nitrogen and oxygen atoms in total. The van der Waals surface area contributed by atoms with Crippen LogP contribution in [0.25, 0.3) is 0 Å². The zero-order chi connectivity index (χ0) is 16.4. The Morgan fingerprint density at radius 1 is 1.21 bits per heavy atom. The lowest BCUT2D eigenvalue weighted by atomic mass is 10.2.